The second-order valence-electron chi connectivity index (χ2n) is 8.59. The molecule has 8 heteroatoms. The summed E-state index contributed by atoms with van der Waals surface area (Å²) in [5.74, 6) is 1.37. The van der Waals surface area contributed by atoms with Crippen molar-refractivity contribution in [3.05, 3.63) is 53.9 Å². The molecule has 0 radical (unpaired) electrons. The molecule has 1 aliphatic carbocycles. The molecule has 2 fully saturated rings. The number of piperidine rings is 1. The predicted molar refractivity (Wildman–Crippen MR) is 107 cm³/mol. The van der Waals surface area contributed by atoms with Crippen molar-refractivity contribution in [2.24, 2.45) is 13.0 Å². The second-order valence-corrected chi connectivity index (χ2v) is 8.59. The molecule has 1 aliphatic heterocycles. The number of carbonyl (C=O) groups excluding carboxylic acids is 1. The average molecular weight is 409 g/mol. The van der Waals surface area contributed by atoms with Crippen molar-refractivity contribution in [1.82, 2.24) is 24.8 Å². The van der Waals surface area contributed by atoms with Gasteiger partial charge in [-0.2, -0.15) is 10.1 Å². The lowest BCUT2D eigenvalue weighted by Crippen LogP contribution is -2.49. The normalized spacial score (nSPS) is 21.7. The van der Waals surface area contributed by atoms with E-state index in [1.165, 1.54) is 25.0 Å². The van der Waals surface area contributed by atoms with Crippen LogP contribution in [0.1, 0.15) is 48.3 Å². The van der Waals surface area contributed by atoms with E-state index in [0.717, 1.165) is 19.3 Å². The summed E-state index contributed by atoms with van der Waals surface area (Å²) in [6, 6.07) is 6.04. The van der Waals surface area contributed by atoms with Crippen molar-refractivity contribution in [2.75, 3.05) is 13.1 Å². The minimum absolute atomic E-state index is 0.00905. The number of likely N-dealkylation sites (tertiary alicyclic amines) is 1. The number of carbonyl (C=O) groups is 1. The van der Waals surface area contributed by atoms with E-state index in [4.69, 9.17) is 9.51 Å². The van der Waals surface area contributed by atoms with Crippen molar-refractivity contribution >= 4 is 5.91 Å². The first kappa shape index (κ1) is 19.0. The maximum absolute atomic E-state index is 13.3. The molecule has 1 saturated carbocycles. The highest BCUT2D eigenvalue weighted by Crippen LogP contribution is 2.46. The zero-order valence-electron chi connectivity index (χ0n) is 16.9. The Balaban J connectivity index is 1.44. The van der Waals surface area contributed by atoms with Gasteiger partial charge in [-0.1, -0.05) is 18.0 Å². The van der Waals surface area contributed by atoms with Crippen LogP contribution in [-0.2, 0) is 12.5 Å². The minimum Gasteiger partial charge on any atom is -0.338 e. The molecule has 3 aromatic rings. The number of nitrogens with zero attached hydrogens (tertiary/aromatic N) is 5. The van der Waals surface area contributed by atoms with E-state index in [9.17, 15) is 9.18 Å². The van der Waals surface area contributed by atoms with Crippen LogP contribution < -0.4 is 0 Å². The van der Waals surface area contributed by atoms with Gasteiger partial charge in [-0.15, -0.1) is 0 Å². The Bertz CT molecular complexity index is 1060. The maximum atomic E-state index is 13.3. The topological polar surface area (TPSA) is 77.0 Å². The van der Waals surface area contributed by atoms with Gasteiger partial charge in [0.25, 0.3) is 11.8 Å². The third-order valence-corrected chi connectivity index (χ3v) is 6.18. The molecular weight excluding hydrogens is 385 g/mol. The summed E-state index contributed by atoms with van der Waals surface area (Å²) in [6.07, 6.45) is 8.54. The standard InChI is InChI=1S/C22H24FN5O2/c1-27-13-17(12-24-27)20(29)28-10-2-9-22(14-28,11-15-3-4-15)21-25-19(30-26-21)16-5-7-18(23)8-6-16/h5-8,12-13,15H,2-4,9-11,14H2,1H3. The summed E-state index contributed by atoms with van der Waals surface area (Å²) in [6.45, 7) is 1.28. The van der Waals surface area contributed by atoms with Gasteiger partial charge in [0.2, 0.25) is 0 Å². The SMILES string of the molecule is Cn1cc(C(=O)N2CCCC(CC3CC3)(c3noc(-c4ccc(F)cc4)n3)C2)cn1. The smallest absolute Gasteiger partial charge is 0.257 e. The monoisotopic (exact) mass is 409 g/mol. The molecular formula is C22H24FN5O2. The highest BCUT2D eigenvalue weighted by atomic mass is 19.1. The number of halogens is 1. The van der Waals surface area contributed by atoms with Crippen molar-refractivity contribution < 1.29 is 13.7 Å². The zero-order valence-corrected chi connectivity index (χ0v) is 16.9. The number of benzene rings is 1. The Morgan fingerprint density at radius 2 is 2.10 bits per heavy atom. The predicted octanol–water partition coefficient (Wildman–Crippen LogP) is 3.58. The number of aromatic nitrogens is 4. The third kappa shape index (κ3) is 3.62. The highest BCUT2D eigenvalue weighted by Gasteiger charge is 2.46. The zero-order chi connectivity index (χ0) is 20.7. The van der Waals surface area contributed by atoms with Crippen LogP contribution in [0, 0.1) is 11.7 Å². The summed E-state index contributed by atoms with van der Waals surface area (Å²) >= 11 is 0. The average Bonchev–Trinajstić information content (AvgIpc) is 3.23. The van der Waals surface area contributed by atoms with Gasteiger partial charge >= 0.3 is 0 Å². The molecule has 2 aromatic heterocycles. The Morgan fingerprint density at radius 3 is 2.80 bits per heavy atom. The molecule has 0 spiro atoms. The molecule has 1 unspecified atom stereocenters. The largest absolute Gasteiger partial charge is 0.338 e. The van der Waals surface area contributed by atoms with E-state index >= 15 is 0 Å². The first-order valence-electron chi connectivity index (χ1n) is 10.4. The van der Waals surface area contributed by atoms with Crippen LogP contribution in [0.15, 0.2) is 41.2 Å². The molecule has 1 saturated heterocycles. The van der Waals surface area contributed by atoms with Gasteiger partial charge in [0.05, 0.1) is 17.2 Å². The molecule has 1 atom stereocenters. The number of amides is 1. The number of hydrogen-bond acceptors (Lipinski definition) is 5. The van der Waals surface area contributed by atoms with Crippen LogP contribution in [0.4, 0.5) is 4.39 Å². The third-order valence-electron chi connectivity index (χ3n) is 6.18. The van der Waals surface area contributed by atoms with E-state index in [-0.39, 0.29) is 17.1 Å². The molecule has 5 rings (SSSR count). The van der Waals surface area contributed by atoms with Gasteiger partial charge in [-0.25, -0.2) is 4.39 Å². The first-order chi connectivity index (χ1) is 14.5. The van der Waals surface area contributed by atoms with Crippen LogP contribution >= 0.6 is 0 Å². The number of aryl methyl sites for hydroxylation is 1. The Kier molecular flexibility index (Phi) is 4.64. The van der Waals surface area contributed by atoms with Gasteiger partial charge < -0.3 is 9.42 Å². The number of rotatable bonds is 5. The maximum Gasteiger partial charge on any atom is 0.257 e. The summed E-state index contributed by atoms with van der Waals surface area (Å²) in [5, 5.41) is 8.46. The lowest BCUT2D eigenvalue weighted by Gasteiger charge is -2.41. The molecule has 156 valence electrons. The van der Waals surface area contributed by atoms with E-state index in [0.29, 0.717) is 41.8 Å². The fourth-order valence-electron chi connectivity index (χ4n) is 4.48. The van der Waals surface area contributed by atoms with Crippen molar-refractivity contribution in [2.45, 2.75) is 37.5 Å². The molecule has 3 heterocycles. The lowest BCUT2D eigenvalue weighted by atomic mass is 9.74. The summed E-state index contributed by atoms with van der Waals surface area (Å²) in [5.41, 5.74) is 0.967. The van der Waals surface area contributed by atoms with E-state index in [1.807, 2.05) is 4.90 Å². The van der Waals surface area contributed by atoms with Crippen LogP contribution in [0.2, 0.25) is 0 Å². The van der Waals surface area contributed by atoms with Crippen molar-refractivity contribution in [3.63, 3.8) is 0 Å². The van der Waals surface area contributed by atoms with Gasteiger partial charge in [-0.3, -0.25) is 9.48 Å². The Hall–Kier alpha value is -3.03. The van der Waals surface area contributed by atoms with Gasteiger partial charge in [0.1, 0.15) is 5.82 Å². The molecule has 30 heavy (non-hydrogen) atoms. The summed E-state index contributed by atoms with van der Waals surface area (Å²) < 4.78 is 20.5. The van der Waals surface area contributed by atoms with Crippen LogP contribution in [0.5, 0.6) is 0 Å². The molecule has 0 N–H and O–H groups in total. The molecule has 1 amide bonds. The van der Waals surface area contributed by atoms with E-state index in [1.54, 1.807) is 36.3 Å². The Morgan fingerprint density at radius 1 is 1.30 bits per heavy atom. The van der Waals surface area contributed by atoms with Crippen molar-refractivity contribution in [1.29, 1.82) is 0 Å². The first-order valence-corrected chi connectivity index (χ1v) is 10.4. The van der Waals surface area contributed by atoms with Crippen LogP contribution in [-0.4, -0.2) is 43.8 Å². The van der Waals surface area contributed by atoms with Crippen LogP contribution in [0.25, 0.3) is 11.5 Å². The second kappa shape index (κ2) is 7.34. The van der Waals surface area contributed by atoms with Crippen molar-refractivity contribution in [3.8, 4) is 11.5 Å². The van der Waals surface area contributed by atoms with Crippen LogP contribution in [0.3, 0.4) is 0 Å². The quantitative estimate of drug-likeness (QED) is 0.644. The fraction of sp³-hybridized carbons (Fsp3) is 0.455. The Labute approximate surface area is 173 Å². The van der Waals surface area contributed by atoms with Gasteiger partial charge in [-0.05, 0) is 49.4 Å². The van der Waals surface area contributed by atoms with Gasteiger partial charge in [0.15, 0.2) is 5.82 Å². The highest BCUT2D eigenvalue weighted by molar-refractivity contribution is 5.93. The van der Waals surface area contributed by atoms with Gasteiger partial charge in [0, 0.05) is 31.9 Å². The molecule has 7 nitrogen and oxygen atoms in total. The summed E-state index contributed by atoms with van der Waals surface area (Å²) in [7, 11) is 1.81. The van der Waals surface area contributed by atoms with E-state index < -0.39 is 0 Å². The minimum atomic E-state index is -0.320. The van der Waals surface area contributed by atoms with E-state index in [2.05, 4.69) is 10.3 Å². The molecule has 1 aromatic carbocycles. The summed E-state index contributed by atoms with van der Waals surface area (Å²) in [4.78, 5) is 19.7. The fourth-order valence-corrected chi connectivity index (χ4v) is 4.48. The lowest BCUT2D eigenvalue weighted by molar-refractivity contribution is 0.0607. The molecule has 2 aliphatic rings. The number of hydrogen-bond donors (Lipinski definition) is 0. The molecule has 0 bridgehead atoms.